The summed E-state index contributed by atoms with van der Waals surface area (Å²) in [5.74, 6) is 0.432. The van der Waals surface area contributed by atoms with E-state index in [-0.39, 0.29) is 24.4 Å². The fourth-order valence-electron chi connectivity index (χ4n) is 3.74. The van der Waals surface area contributed by atoms with Gasteiger partial charge >= 0.3 is 0 Å². The number of anilines is 1. The first-order valence-corrected chi connectivity index (χ1v) is 9.77. The van der Waals surface area contributed by atoms with Gasteiger partial charge in [-0.25, -0.2) is 10.5 Å². The highest BCUT2D eigenvalue weighted by Crippen LogP contribution is 2.28. The highest BCUT2D eigenvalue weighted by atomic mass is 35.5. The van der Waals surface area contributed by atoms with Crippen LogP contribution in [0.4, 0.5) is 5.82 Å². The number of aromatic nitrogens is 1. The number of likely N-dealkylation sites (tertiary alicyclic amines) is 1. The van der Waals surface area contributed by atoms with Crippen LogP contribution in [0.25, 0.3) is 6.08 Å². The van der Waals surface area contributed by atoms with E-state index in [1.54, 1.807) is 12.3 Å². The van der Waals surface area contributed by atoms with Crippen molar-refractivity contribution in [2.75, 3.05) is 18.4 Å². The number of amides is 2. The first kappa shape index (κ1) is 22.5. The van der Waals surface area contributed by atoms with Crippen molar-refractivity contribution in [3.05, 3.63) is 28.9 Å². The lowest BCUT2D eigenvalue weighted by Crippen LogP contribution is -2.36. The third-order valence-corrected chi connectivity index (χ3v) is 5.48. The molecule has 1 saturated heterocycles. The van der Waals surface area contributed by atoms with Gasteiger partial charge < -0.3 is 10.2 Å². The first-order valence-electron chi connectivity index (χ1n) is 9.40. The molecule has 0 spiro atoms. The van der Waals surface area contributed by atoms with Crippen molar-refractivity contribution in [3.63, 3.8) is 0 Å². The number of carbonyl (C=O) groups excluding carboxylic acids is 2. The van der Waals surface area contributed by atoms with Gasteiger partial charge in [-0.15, -0.1) is 12.4 Å². The largest absolute Gasteiger partial charge is 0.364 e. The molecule has 28 heavy (non-hydrogen) atoms. The summed E-state index contributed by atoms with van der Waals surface area (Å²) < 4.78 is 0. The molecule has 1 aromatic heterocycles. The molecule has 3 N–H and O–H groups in total. The Morgan fingerprint density at radius 1 is 1.25 bits per heavy atom. The fourth-order valence-corrected chi connectivity index (χ4v) is 3.97. The smallest absolute Gasteiger partial charge is 0.267 e. The van der Waals surface area contributed by atoms with E-state index in [2.05, 4.69) is 10.3 Å². The average Bonchev–Trinajstić information content (AvgIpc) is 3.16. The molecule has 3 rings (SSSR count). The monoisotopic (exact) mass is 428 g/mol. The fraction of sp³-hybridized carbons (Fsp3) is 0.526. The molecular weight excluding hydrogens is 403 g/mol. The Hall–Kier alpha value is -1.83. The van der Waals surface area contributed by atoms with Crippen molar-refractivity contribution in [3.8, 4) is 0 Å². The molecule has 2 amide bonds. The minimum absolute atomic E-state index is 0. The maximum atomic E-state index is 12.7. The summed E-state index contributed by atoms with van der Waals surface area (Å²) in [6.45, 7) is 1.44. The third kappa shape index (κ3) is 5.83. The zero-order valence-corrected chi connectivity index (χ0v) is 17.1. The van der Waals surface area contributed by atoms with Crippen LogP contribution < -0.4 is 10.8 Å². The van der Waals surface area contributed by atoms with Gasteiger partial charge in [0.25, 0.3) is 5.91 Å². The van der Waals surface area contributed by atoms with Crippen molar-refractivity contribution < 1.29 is 14.8 Å². The Morgan fingerprint density at radius 3 is 2.68 bits per heavy atom. The molecular formula is C19H26Cl2N4O3. The number of hydroxylamine groups is 1. The lowest BCUT2D eigenvalue weighted by atomic mass is 9.88. The van der Waals surface area contributed by atoms with Crippen molar-refractivity contribution in [2.45, 2.75) is 44.6 Å². The van der Waals surface area contributed by atoms with E-state index in [9.17, 15) is 9.59 Å². The molecule has 9 heteroatoms. The van der Waals surface area contributed by atoms with Gasteiger partial charge in [0.05, 0.1) is 5.02 Å². The third-order valence-electron chi connectivity index (χ3n) is 5.19. The molecule has 1 saturated carbocycles. The lowest BCUT2D eigenvalue weighted by Gasteiger charge is -2.26. The van der Waals surface area contributed by atoms with Crippen LogP contribution in [0.1, 0.15) is 44.1 Å². The number of rotatable bonds is 5. The Bertz CT molecular complexity index is 723. The summed E-state index contributed by atoms with van der Waals surface area (Å²) in [7, 11) is 0. The van der Waals surface area contributed by atoms with Crippen molar-refractivity contribution in [1.29, 1.82) is 0 Å². The second kappa shape index (κ2) is 10.6. The predicted molar refractivity (Wildman–Crippen MR) is 111 cm³/mol. The van der Waals surface area contributed by atoms with Crippen LogP contribution in [0.3, 0.4) is 0 Å². The molecule has 1 aliphatic heterocycles. The molecule has 0 bridgehead atoms. The molecule has 2 heterocycles. The number of hydrogen-bond donors (Lipinski definition) is 3. The second-order valence-corrected chi connectivity index (χ2v) is 7.56. The number of halogens is 2. The van der Waals surface area contributed by atoms with Crippen LogP contribution in [0.5, 0.6) is 0 Å². The van der Waals surface area contributed by atoms with Gasteiger partial charge in [-0.3, -0.25) is 14.8 Å². The van der Waals surface area contributed by atoms with Gasteiger partial charge in [-0.1, -0.05) is 30.9 Å². The van der Waals surface area contributed by atoms with E-state index in [0.717, 1.165) is 38.6 Å². The second-order valence-electron chi connectivity index (χ2n) is 7.16. The van der Waals surface area contributed by atoms with Crippen LogP contribution in [0.2, 0.25) is 5.02 Å². The Morgan fingerprint density at radius 2 is 2.00 bits per heavy atom. The van der Waals surface area contributed by atoms with E-state index >= 15 is 0 Å². The molecule has 154 valence electrons. The minimum Gasteiger partial charge on any atom is -0.364 e. The summed E-state index contributed by atoms with van der Waals surface area (Å²) in [5.41, 5.74) is 2.17. The Kier molecular flexibility index (Phi) is 8.54. The molecule has 7 nitrogen and oxygen atoms in total. The lowest BCUT2D eigenvalue weighted by molar-refractivity contribution is -0.135. The van der Waals surface area contributed by atoms with Gasteiger partial charge in [0.15, 0.2) is 0 Å². The summed E-state index contributed by atoms with van der Waals surface area (Å²) >= 11 is 6.29. The number of nitrogens with one attached hydrogen (secondary N) is 2. The van der Waals surface area contributed by atoms with Crippen molar-refractivity contribution in [1.82, 2.24) is 15.4 Å². The summed E-state index contributed by atoms with van der Waals surface area (Å²) in [5, 5.41) is 12.2. The quantitative estimate of drug-likeness (QED) is 0.380. The SMILES string of the molecule is Cl.O=C(C=Cc1cnc(N[C@@H]2CCN(C(=O)C3CCCCC3)C2)c(Cl)c1)NO. The van der Waals surface area contributed by atoms with Crippen LogP contribution in [0.15, 0.2) is 18.3 Å². The van der Waals surface area contributed by atoms with Crippen LogP contribution in [-0.2, 0) is 9.59 Å². The zero-order chi connectivity index (χ0) is 19.2. The van der Waals surface area contributed by atoms with Crippen LogP contribution in [0, 0.1) is 5.92 Å². The number of nitrogens with zero attached hydrogens (tertiary/aromatic N) is 2. The van der Waals surface area contributed by atoms with E-state index in [4.69, 9.17) is 16.8 Å². The van der Waals surface area contributed by atoms with E-state index < -0.39 is 5.91 Å². The maximum absolute atomic E-state index is 12.7. The molecule has 2 fully saturated rings. The number of carbonyl (C=O) groups is 2. The molecule has 0 aromatic carbocycles. The number of pyridine rings is 1. The summed E-state index contributed by atoms with van der Waals surface area (Å²) in [4.78, 5) is 30.0. The molecule has 0 radical (unpaired) electrons. The Balaban J connectivity index is 0.00000280. The Labute approximate surface area is 175 Å². The van der Waals surface area contributed by atoms with Gasteiger partial charge in [0.2, 0.25) is 5.91 Å². The van der Waals surface area contributed by atoms with Gasteiger partial charge in [-0.2, -0.15) is 0 Å². The predicted octanol–water partition coefficient (Wildman–Crippen LogP) is 3.27. The molecule has 1 aromatic rings. The van der Waals surface area contributed by atoms with Gasteiger partial charge in [0.1, 0.15) is 5.82 Å². The van der Waals surface area contributed by atoms with Gasteiger partial charge in [0, 0.05) is 37.3 Å². The first-order chi connectivity index (χ1) is 13.1. The molecule has 1 aliphatic carbocycles. The van der Waals surface area contributed by atoms with Crippen LogP contribution >= 0.6 is 24.0 Å². The van der Waals surface area contributed by atoms with Crippen molar-refractivity contribution >= 4 is 47.7 Å². The van der Waals surface area contributed by atoms with Gasteiger partial charge in [-0.05, 0) is 37.0 Å². The minimum atomic E-state index is -0.623. The van der Waals surface area contributed by atoms with E-state index in [0.29, 0.717) is 28.9 Å². The molecule has 1 atom stereocenters. The topological polar surface area (TPSA) is 94.6 Å². The highest BCUT2D eigenvalue weighted by molar-refractivity contribution is 6.33. The normalized spacial score (nSPS) is 20.1. The molecule has 0 unspecified atom stereocenters. The van der Waals surface area contributed by atoms with E-state index in [1.165, 1.54) is 24.1 Å². The summed E-state index contributed by atoms with van der Waals surface area (Å²) in [6, 6.07) is 1.82. The standard InChI is InChI=1S/C19H25ClN4O3.ClH/c20-16-10-13(6-7-17(25)23-27)11-21-18(16)22-15-8-9-24(12-15)19(26)14-4-2-1-3-5-14;/h6-7,10-11,14-15,27H,1-5,8-9,12H2,(H,21,22)(H,23,25);1H/t15-;/m1./s1. The maximum Gasteiger partial charge on any atom is 0.267 e. The number of hydrogen-bond acceptors (Lipinski definition) is 5. The highest BCUT2D eigenvalue weighted by Gasteiger charge is 2.31. The van der Waals surface area contributed by atoms with Crippen LogP contribution in [-0.4, -0.2) is 46.0 Å². The zero-order valence-electron chi connectivity index (χ0n) is 15.6. The van der Waals surface area contributed by atoms with E-state index in [1.807, 2.05) is 4.90 Å². The summed E-state index contributed by atoms with van der Waals surface area (Å²) in [6.07, 6.45) is 10.8. The average molecular weight is 429 g/mol. The van der Waals surface area contributed by atoms with Crippen molar-refractivity contribution in [2.24, 2.45) is 5.92 Å². The molecule has 2 aliphatic rings.